The molecule has 1 N–H and O–H groups in total. The van der Waals surface area contributed by atoms with E-state index in [-0.39, 0.29) is 16.4 Å². The van der Waals surface area contributed by atoms with Crippen molar-refractivity contribution >= 4 is 34.8 Å². The molecule has 3 aromatic rings. The van der Waals surface area contributed by atoms with Crippen molar-refractivity contribution in [1.29, 1.82) is 0 Å². The Morgan fingerprint density at radius 2 is 1.41 bits per heavy atom. The molecule has 0 aromatic heterocycles. The van der Waals surface area contributed by atoms with Crippen LogP contribution in [0.4, 0.5) is 15.8 Å². The van der Waals surface area contributed by atoms with E-state index in [9.17, 15) is 14.0 Å². The number of nitrogens with zero attached hydrogens (tertiary/aromatic N) is 1. The molecule has 0 atom stereocenters. The SMILES string of the molecule is O=C1C(Cl)=C(Nc2ccc(Oc3ccccc3)cc2)C(=O)N1c1ccc(F)cc1. The van der Waals surface area contributed by atoms with Crippen LogP contribution in [0.2, 0.25) is 0 Å². The lowest BCUT2D eigenvalue weighted by Gasteiger charge is -2.15. The van der Waals surface area contributed by atoms with Gasteiger partial charge in [-0.3, -0.25) is 9.59 Å². The number of hydrogen-bond acceptors (Lipinski definition) is 4. The minimum Gasteiger partial charge on any atom is -0.457 e. The van der Waals surface area contributed by atoms with Crippen LogP contribution in [0.15, 0.2) is 89.6 Å². The minimum atomic E-state index is -0.671. The number of rotatable bonds is 5. The average Bonchev–Trinajstić information content (AvgIpc) is 2.94. The molecule has 0 radical (unpaired) electrons. The fraction of sp³-hybridized carbons (Fsp3) is 0. The first kappa shape index (κ1) is 18.7. The van der Waals surface area contributed by atoms with Gasteiger partial charge in [-0.2, -0.15) is 0 Å². The van der Waals surface area contributed by atoms with E-state index in [0.717, 1.165) is 4.90 Å². The lowest BCUT2D eigenvalue weighted by atomic mass is 10.2. The molecule has 0 unspecified atom stereocenters. The molecule has 1 aliphatic rings. The summed E-state index contributed by atoms with van der Waals surface area (Å²) in [5, 5.41) is 2.65. The van der Waals surface area contributed by atoms with Crippen LogP contribution >= 0.6 is 11.6 Å². The predicted octanol–water partition coefficient (Wildman–Crippen LogP) is 5.05. The lowest BCUT2D eigenvalue weighted by Crippen LogP contribution is -2.32. The van der Waals surface area contributed by atoms with Crippen LogP contribution in [-0.4, -0.2) is 11.8 Å². The zero-order valence-electron chi connectivity index (χ0n) is 14.9. The van der Waals surface area contributed by atoms with Gasteiger partial charge in [0.15, 0.2) is 0 Å². The Kier molecular flexibility index (Phi) is 5.01. The summed E-state index contributed by atoms with van der Waals surface area (Å²) < 4.78 is 18.9. The van der Waals surface area contributed by atoms with Crippen LogP contribution in [-0.2, 0) is 9.59 Å². The third-order valence-electron chi connectivity index (χ3n) is 4.21. The lowest BCUT2D eigenvalue weighted by molar-refractivity contribution is -0.120. The second-order valence-corrected chi connectivity index (χ2v) is 6.55. The van der Waals surface area contributed by atoms with Gasteiger partial charge in [-0.1, -0.05) is 29.8 Å². The molecule has 0 fully saturated rings. The molecule has 4 rings (SSSR count). The predicted molar refractivity (Wildman–Crippen MR) is 108 cm³/mol. The fourth-order valence-electron chi connectivity index (χ4n) is 2.81. The van der Waals surface area contributed by atoms with Crippen molar-refractivity contribution in [1.82, 2.24) is 0 Å². The van der Waals surface area contributed by atoms with E-state index in [2.05, 4.69) is 5.32 Å². The molecule has 7 heteroatoms. The number of para-hydroxylation sites is 1. The quantitative estimate of drug-likeness (QED) is 0.600. The maximum absolute atomic E-state index is 13.1. The summed E-state index contributed by atoms with van der Waals surface area (Å²) in [7, 11) is 0. The first-order valence-electron chi connectivity index (χ1n) is 8.67. The summed E-state index contributed by atoms with van der Waals surface area (Å²) in [5.41, 5.74) is 0.751. The topological polar surface area (TPSA) is 58.6 Å². The molecule has 5 nitrogen and oxygen atoms in total. The van der Waals surface area contributed by atoms with E-state index in [4.69, 9.17) is 16.3 Å². The molecular formula is C22H14ClFN2O3. The van der Waals surface area contributed by atoms with Crippen LogP contribution < -0.4 is 15.0 Å². The Morgan fingerprint density at radius 1 is 0.793 bits per heavy atom. The minimum absolute atomic E-state index is 0.0438. The molecule has 0 aliphatic carbocycles. The van der Waals surface area contributed by atoms with Crippen molar-refractivity contribution < 1.29 is 18.7 Å². The number of halogens is 2. The number of ether oxygens (including phenoxy) is 1. The normalized spacial score (nSPS) is 13.8. The van der Waals surface area contributed by atoms with Crippen molar-refractivity contribution in [2.45, 2.75) is 0 Å². The summed E-state index contributed by atoms with van der Waals surface area (Å²) in [4.78, 5) is 26.0. The molecule has 29 heavy (non-hydrogen) atoms. The second-order valence-electron chi connectivity index (χ2n) is 6.18. The Balaban J connectivity index is 1.50. The monoisotopic (exact) mass is 408 g/mol. The van der Waals surface area contributed by atoms with Crippen molar-refractivity contribution in [2.75, 3.05) is 10.2 Å². The summed E-state index contributed by atoms with van der Waals surface area (Å²) in [6.45, 7) is 0. The Hall–Kier alpha value is -3.64. The average molecular weight is 409 g/mol. The molecule has 0 saturated heterocycles. The van der Waals surface area contributed by atoms with Gasteiger partial charge < -0.3 is 10.1 Å². The molecule has 0 saturated carbocycles. The first-order valence-corrected chi connectivity index (χ1v) is 9.05. The highest BCUT2D eigenvalue weighted by molar-refractivity contribution is 6.53. The molecule has 1 heterocycles. The van der Waals surface area contributed by atoms with E-state index in [1.165, 1.54) is 24.3 Å². The molecular weight excluding hydrogens is 395 g/mol. The van der Waals surface area contributed by atoms with Crippen molar-refractivity contribution in [3.63, 3.8) is 0 Å². The Labute approximate surface area is 171 Å². The summed E-state index contributed by atoms with van der Waals surface area (Å²) in [6.07, 6.45) is 0. The highest BCUT2D eigenvalue weighted by Crippen LogP contribution is 2.31. The summed E-state index contributed by atoms with van der Waals surface area (Å²) in [6, 6.07) is 21.2. The van der Waals surface area contributed by atoms with Crippen LogP contribution in [0, 0.1) is 5.82 Å². The molecule has 3 aromatic carbocycles. The van der Waals surface area contributed by atoms with E-state index < -0.39 is 17.6 Å². The molecule has 0 spiro atoms. The van der Waals surface area contributed by atoms with Crippen LogP contribution in [0.3, 0.4) is 0 Å². The van der Waals surface area contributed by atoms with Crippen molar-refractivity contribution in [3.8, 4) is 11.5 Å². The fourth-order valence-corrected chi connectivity index (χ4v) is 3.02. The summed E-state index contributed by atoms with van der Waals surface area (Å²) in [5.74, 6) is -0.442. The van der Waals surface area contributed by atoms with Crippen molar-refractivity contribution in [3.05, 3.63) is 95.4 Å². The Morgan fingerprint density at radius 3 is 2.07 bits per heavy atom. The number of hydrogen-bond donors (Lipinski definition) is 1. The maximum Gasteiger partial charge on any atom is 0.283 e. The van der Waals surface area contributed by atoms with E-state index in [1.54, 1.807) is 24.3 Å². The van der Waals surface area contributed by atoms with Gasteiger partial charge in [0.05, 0.1) is 5.69 Å². The van der Waals surface area contributed by atoms with Gasteiger partial charge in [-0.15, -0.1) is 0 Å². The number of amides is 2. The van der Waals surface area contributed by atoms with Gasteiger partial charge in [0.25, 0.3) is 11.8 Å². The zero-order valence-corrected chi connectivity index (χ0v) is 15.7. The highest BCUT2D eigenvalue weighted by Gasteiger charge is 2.38. The van der Waals surface area contributed by atoms with Gasteiger partial charge in [0, 0.05) is 5.69 Å². The molecule has 2 amide bonds. The first-order chi connectivity index (χ1) is 14.0. The standard InChI is InChI=1S/C22H14ClFN2O3/c23-19-20(22(28)26(21(19)27)16-10-6-14(24)7-11-16)25-15-8-12-18(13-9-15)29-17-4-2-1-3-5-17/h1-13,25H. The zero-order chi connectivity index (χ0) is 20.4. The highest BCUT2D eigenvalue weighted by atomic mass is 35.5. The number of anilines is 2. The van der Waals surface area contributed by atoms with Crippen molar-refractivity contribution in [2.24, 2.45) is 0 Å². The van der Waals surface area contributed by atoms with Gasteiger partial charge in [0.1, 0.15) is 28.0 Å². The summed E-state index contributed by atoms with van der Waals surface area (Å²) >= 11 is 6.09. The third-order valence-corrected chi connectivity index (χ3v) is 4.57. The van der Waals surface area contributed by atoms with E-state index in [1.807, 2.05) is 30.3 Å². The second kappa shape index (κ2) is 7.77. The van der Waals surface area contributed by atoms with Crippen LogP contribution in [0.1, 0.15) is 0 Å². The van der Waals surface area contributed by atoms with Crippen LogP contribution in [0.5, 0.6) is 11.5 Å². The van der Waals surface area contributed by atoms with Gasteiger partial charge in [-0.25, -0.2) is 9.29 Å². The van der Waals surface area contributed by atoms with Gasteiger partial charge >= 0.3 is 0 Å². The smallest absolute Gasteiger partial charge is 0.283 e. The number of benzene rings is 3. The molecule has 0 bridgehead atoms. The van der Waals surface area contributed by atoms with Gasteiger partial charge in [0.2, 0.25) is 0 Å². The van der Waals surface area contributed by atoms with Crippen LogP contribution in [0.25, 0.3) is 0 Å². The molecule has 144 valence electrons. The Bertz CT molecular complexity index is 1100. The van der Waals surface area contributed by atoms with E-state index >= 15 is 0 Å². The number of nitrogens with one attached hydrogen (secondary N) is 1. The maximum atomic E-state index is 13.1. The largest absolute Gasteiger partial charge is 0.457 e. The third kappa shape index (κ3) is 3.83. The molecule has 1 aliphatic heterocycles. The number of carbonyl (C=O) groups is 2. The number of imide groups is 1. The van der Waals surface area contributed by atoms with Gasteiger partial charge in [-0.05, 0) is 60.7 Å². The van der Waals surface area contributed by atoms with E-state index in [0.29, 0.717) is 17.2 Å². The number of carbonyl (C=O) groups excluding carboxylic acids is 2.